The molecule has 1 aliphatic heterocycles. The highest BCUT2D eigenvalue weighted by molar-refractivity contribution is 5.67. The van der Waals surface area contributed by atoms with Crippen molar-refractivity contribution in [3.05, 3.63) is 71.7 Å². The molecule has 0 unspecified atom stereocenters. The molecule has 6 nitrogen and oxygen atoms in total. The van der Waals surface area contributed by atoms with Gasteiger partial charge in [-0.2, -0.15) is 0 Å². The second-order valence-corrected chi connectivity index (χ2v) is 10.0. The van der Waals surface area contributed by atoms with Crippen LogP contribution in [-0.2, 0) is 20.1 Å². The summed E-state index contributed by atoms with van der Waals surface area (Å²) in [7, 11) is 2.10. The minimum Gasteiger partial charge on any atom is -0.364 e. The molecule has 1 aromatic carbocycles. The fourth-order valence-corrected chi connectivity index (χ4v) is 5.22. The normalized spacial score (nSPS) is 15.7. The molecule has 0 radical (unpaired) electrons. The van der Waals surface area contributed by atoms with Gasteiger partial charge in [0.1, 0.15) is 11.6 Å². The Bertz CT molecular complexity index is 1340. The molecule has 3 aromatic heterocycles. The molecule has 0 spiro atoms. The summed E-state index contributed by atoms with van der Waals surface area (Å²) in [5, 5.41) is 0. The quantitative estimate of drug-likeness (QED) is 0.391. The largest absolute Gasteiger partial charge is 0.364 e. The third-order valence-corrected chi connectivity index (χ3v) is 7.22. The summed E-state index contributed by atoms with van der Waals surface area (Å²) in [6.45, 7) is 9.27. The van der Waals surface area contributed by atoms with Crippen LogP contribution < -0.4 is 4.90 Å². The van der Waals surface area contributed by atoms with E-state index in [0.29, 0.717) is 11.8 Å². The number of fused-ring (bicyclic) bond motifs is 1. The highest BCUT2D eigenvalue weighted by Crippen LogP contribution is 2.40. The van der Waals surface area contributed by atoms with Gasteiger partial charge in [0.05, 0.1) is 29.3 Å². The van der Waals surface area contributed by atoms with Crippen LogP contribution in [0.1, 0.15) is 61.4 Å². The number of rotatable bonds is 5. The second kappa shape index (κ2) is 8.12. The zero-order valence-electron chi connectivity index (χ0n) is 20.5. The summed E-state index contributed by atoms with van der Waals surface area (Å²) in [6, 6.07) is 13.1. The van der Waals surface area contributed by atoms with Crippen molar-refractivity contribution in [2.75, 3.05) is 11.4 Å². The molecule has 0 atom stereocenters. The van der Waals surface area contributed by atoms with E-state index in [1.807, 2.05) is 12.3 Å². The third kappa shape index (κ3) is 3.61. The van der Waals surface area contributed by atoms with Gasteiger partial charge in [0.25, 0.3) is 0 Å². The maximum Gasteiger partial charge on any atom is 0.139 e. The SMILES string of the molecule is Cc1nc(-c2cccnc2C(C)C)c2n1CCN(c1ccc(-c3nc(C4CC4)cn3C)cc1)C2. The molecule has 1 fully saturated rings. The van der Waals surface area contributed by atoms with Crippen molar-refractivity contribution in [3.8, 4) is 22.6 Å². The van der Waals surface area contributed by atoms with Crippen LogP contribution in [0.4, 0.5) is 5.69 Å². The maximum absolute atomic E-state index is 5.00. The Morgan fingerprint density at radius 1 is 1.00 bits per heavy atom. The number of anilines is 1. The summed E-state index contributed by atoms with van der Waals surface area (Å²) >= 11 is 0. The van der Waals surface area contributed by atoms with Crippen molar-refractivity contribution in [1.82, 2.24) is 24.1 Å². The molecule has 2 aliphatic rings. The zero-order valence-corrected chi connectivity index (χ0v) is 20.5. The van der Waals surface area contributed by atoms with Gasteiger partial charge < -0.3 is 14.0 Å². The van der Waals surface area contributed by atoms with E-state index in [2.05, 4.69) is 83.4 Å². The van der Waals surface area contributed by atoms with E-state index in [9.17, 15) is 0 Å². The molecular weight excluding hydrogens is 420 g/mol. The monoisotopic (exact) mass is 452 g/mol. The Labute approximate surface area is 201 Å². The number of imidazole rings is 2. The van der Waals surface area contributed by atoms with Crippen molar-refractivity contribution < 1.29 is 0 Å². The average Bonchev–Trinajstić information content (AvgIpc) is 3.56. The van der Waals surface area contributed by atoms with Crippen LogP contribution in [-0.4, -0.2) is 30.6 Å². The van der Waals surface area contributed by atoms with Gasteiger partial charge in [-0.1, -0.05) is 13.8 Å². The number of hydrogen-bond acceptors (Lipinski definition) is 4. The van der Waals surface area contributed by atoms with Gasteiger partial charge in [0.15, 0.2) is 0 Å². The minimum atomic E-state index is 0.354. The number of aromatic nitrogens is 5. The first-order valence-electron chi connectivity index (χ1n) is 12.4. The summed E-state index contributed by atoms with van der Waals surface area (Å²) in [6.07, 6.45) is 6.64. The topological polar surface area (TPSA) is 51.8 Å². The van der Waals surface area contributed by atoms with E-state index in [1.54, 1.807) is 0 Å². The van der Waals surface area contributed by atoms with Crippen molar-refractivity contribution in [2.24, 2.45) is 7.05 Å². The Morgan fingerprint density at radius 2 is 1.79 bits per heavy atom. The fraction of sp³-hybridized carbons (Fsp3) is 0.393. The lowest BCUT2D eigenvalue weighted by Gasteiger charge is -2.31. The average molecular weight is 453 g/mol. The van der Waals surface area contributed by atoms with E-state index in [1.165, 1.54) is 35.5 Å². The van der Waals surface area contributed by atoms with Gasteiger partial charge in [0.2, 0.25) is 0 Å². The van der Waals surface area contributed by atoms with Crippen LogP contribution in [0.3, 0.4) is 0 Å². The van der Waals surface area contributed by atoms with E-state index in [4.69, 9.17) is 9.97 Å². The molecule has 0 saturated heterocycles. The van der Waals surface area contributed by atoms with Crippen molar-refractivity contribution in [3.63, 3.8) is 0 Å². The van der Waals surface area contributed by atoms with Gasteiger partial charge in [-0.15, -0.1) is 0 Å². The fourth-order valence-electron chi connectivity index (χ4n) is 5.22. The smallest absolute Gasteiger partial charge is 0.139 e. The Kier molecular flexibility index (Phi) is 5.05. The van der Waals surface area contributed by atoms with Crippen LogP contribution in [0, 0.1) is 6.92 Å². The maximum atomic E-state index is 5.00. The number of aryl methyl sites for hydroxylation is 2. The van der Waals surface area contributed by atoms with E-state index in [0.717, 1.165) is 48.2 Å². The van der Waals surface area contributed by atoms with Crippen LogP contribution >= 0.6 is 0 Å². The number of nitrogens with zero attached hydrogens (tertiary/aromatic N) is 6. The number of benzene rings is 1. The Balaban J connectivity index is 1.29. The van der Waals surface area contributed by atoms with E-state index in [-0.39, 0.29) is 0 Å². The molecule has 1 aliphatic carbocycles. The summed E-state index contributed by atoms with van der Waals surface area (Å²) in [5.74, 6) is 3.17. The molecule has 1 saturated carbocycles. The van der Waals surface area contributed by atoms with Crippen molar-refractivity contribution >= 4 is 5.69 Å². The van der Waals surface area contributed by atoms with Crippen LogP contribution in [0.2, 0.25) is 0 Å². The number of pyridine rings is 1. The highest BCUT2D eigenvalue weighted by atomic mass is 15.2. The van der Waals surface area contributed by atoms with E-state index < -0.39 is 0 Å². The standard InChI is InChI=1S/C28H32N6/c1-18(2)26-23(6-5-13-29-26)27-25-17-33(14-15-34(25)19(3)30-27)22-11-9-21(10-12-22)28-31-24(16-32(28)4)20-7-8-20/h5-6,9-13,16,18,20H,7-8,14-15,17H2,1-4H3. The molecule has 6 heteroatoms. The van der Waals surface area contributed by atoms with Crippen LogP contribution in [0.25, 0.3) is 22.6 Å². The molecule has 34 heavy (non-hydrogen) atoms. The van der Waals surface area contributed by atoms with Crippen molar-refractivity contribution in [2.45, 2.75) is 58.5 Å². The molecular formula is C28H32N6. The second-order valence-electron chi connectivity index (χ2n) is 10.0. The lowest BCUT2D eigenvalue weighted by molar-refractivity contribution is 0.560. The minimum absolute atomic E-state index is 0.354. The van der Waals surface area contributed by atoms with Gasteiger partial charge in [0, 0.05) is 55.3 Å². The molecule has 4 aromatic rings. The first-order chi connectivity index (χ1) is 16.5. The molecule has 0 amide bonds. The highest BCUT2D eigenvalue weighted by Gasteiger charge is 2.28. The van der Waals surface area contributed by atoms with Gasteiger partial charge in [-0.3, -0.25) is 4.98 Å². The summed E-state index contributed by atoms with van der Waals surface area (Å²) in [4.78, 5) is 17.1. The molecule has 0 bridgehead atoms. The first kappa shape index (κ1) is 21.1. The Hall–Kier alpha value is -3.41. The molecule has 6 rings (SSSR count). The zero-order chi connectivity index (χ0) is 23.4. The lowest BCUT2D eigenvalue weighted by Crippen LogP contribution is -2.34. The predicted octanol–water partition coefficient (Wildman–Crippen LogP) is 5.68. The van der Waals surface area contributed by atoms with Crippen molar-refractivity contribution in [1.29, 1.82) is 0 Å². The molecule has 4 heterocycles. The lowest BCUT2D eigenvalue weighted by atomic mass is 10.00. The van der Waals surface area contributed by atoms with E-state index >= 15 is 0 Å². The number of hydrogen-bond donors (Lipinski definition) is 0. The van der Waals surface area contributed by atoms with Crippen LogP contribution in [0.5, 0.6) is 0 Å². The summed E-state index contributed by atoms with van der Waals surface area (Å²) in [5.41, 5.74) is 8.29. The predicted molar refractivity (Wildman–Crippen MR) is 136 cm³/mol. The molecule has 174 valence electrons. The van der Waals surface area contributed by atoms with Gasteiger partial charge in [-0.25, -0.2) is 9.97 Å². The Morgan fingerprint density at radius 3 is 2.53 bits per heavy atom. The summed E-state index contributed by atoms with van der Waals surface area (Å²) < 4.78 is 4.54. The first-order valence-corrected chi connectivity index (χ1v) is 12.4. The van der Waals surface area contributed by atoms with Gasteiger partial charge in [-0.05, 0) is 62.1 Å². The van der Waals surface area contributed by atoms with Crippen LogP contribution in [0.15, 0.2) is 48.8 Å². The van der Waals surface area contributed by atoms with Gasteiger partial charge >= 0.3 is 0 Å². The third-order valence-electron chi connectivity index (χ3n) is 7.22. The molecule has 0 N–H and O–H groups in total.